The number of fused-ring (bicyclic) bond motifs is 1. The number of nitriles is 1. The Morgan fingerprint density at radius 1 is 1.28 bits per heavy atom. The highest BCUT2D eigenvalue weighted by Gasteiger charge is 2.37. The number of aromatic nitrogens is 4. The van der Waals surface area contributed by atoms with Gasteiger partial charge in [-0.05, 0) is 36.6 Å². The van der Waals surface area contributed by atoms with Crippen molar-refractivity contribution in [3.63, 3.8) is 0 Å². The van der Waals surface area contributed by atoms with Crippen LogP contribution in [0.2, 0.25) is 0 Å². The third kappa shape index (κ3) is 6.23. The molecule has 0 spiro atoms. The number of allylic oxidation sites excluding steroid dienone is 4. The van der Waals surface area contributed by atoms with E-state index in [1.165, 1.54) is 23.9 Å². The zero-order valence-corrected chi connectivity index (χ0v) is 24.7. The van der Waals surface area contributed by atoms with Crippen LogP contribution in [0.3, 0.4) is 0 Å². The molecule has 0 unspecified atom stereocenters. The van der Waals surface area contributed by atoms with Gasteiger partial charge in [0.15, 0.2) is 23.0 Å². The van der Waals surface area contributed by atoms with E-state index in [9.17, 15) is 27.6 Å². The summed E-state index contributed by atoms with van der Waals surface area (Å²) < 4.78 is 70.2. The molecular formula is C32H26F4N8O3. The molecular weight excluding hydrogens is 620 g/mol. The van der Waals surface area contributed by atoms with Crippen molar-refractivity contribution in [1.29, 1.82) is 10.7 Å². The zero-order chi connectivity index (χ0) is 33.3. The molecule has 11 nitrogen and oxygen atoms in total. The molecule has 15 heteroatoms. The van der Waals surface area contributed by atoms with Gasteiger partial charge in [0.25, 0.3) is 5.56 Å². The van der Waals surface area contributed by atoms with Crippen molar-refractivity contribution in [2.45, 2.75) is 37.8 Å². The lowest BCUT2D eigenvalue weighted by atomic mass is 9.88. The minimum atomic E-state index is -4.74. The molecule has 4 heterocycles. The molecule has 3 N–H and O–H groups in total. The highest BCUT2D eigenvalue weighted by molar-refractivity contribution is 5.85. The average Bonchev–Trinajstić information content (AvgIpc) is 3.35. The number of anilines is 2. The molecule has 4 aromatic rings. The molecule has 1 aliphatic heterocycles. The summed E-state index contributed by atoms with van der Waals surface area (Å²) in [5.74, 6) is -1.13. The number of imidazole rings is 1. The first-order chi connectivity index (χ1) is 22.6. The number of hydrogen-bond donors (Lipinski definition) is 3. The van der Waals surface area contributed by atoms with Gasteiger partial charge in [-0.3, -0.25) is 4.79 Å². The first kappa shape index (κ1) is 31.2. The predicted molar refractivity (Wildman–Crippen MR) is 163 cm³/mol. The van der Waals surface area contributed by atoms with Gasteiger partial charge in [-0.2, -0.15) is 23.4 Å². The topological polar surface area (TPSA) is 143 Å². The predicted octanol–water partition coefficient (Wildman–Crippen LogP) is 5.89. The number of pyridine rings is 2. The molecule has 0 radical (unpaired) electrons. The zero-order valence-electron chi connectivity index (χ0n) is 24.7. The Morgan fingerprint density at radius 2 is 2.04 bits per heavy atom. The molecule has 0 atom stereocenters. The van der Waals surface area contributed by atoms with Gasteiger partial charge in [0.1, 0.15) is 28.5 Å². The van der Waals surface area contributed by atoms with Crippen LogP contribution in [-0.2, 0) is 24.6 Å². The van der Waals surface area contributed by atoms with Gasteiger partial charge in [-0.15, -0.1) is 0 Å². The van der Waals surface area contributed by atoms with Crippen LogP contribution in [0.5, 0.6) is 5.75 Å². The van der Waals surface area contributed by atoms with E-state index >= 15 is 0 Å². The first-order valence-electron chi connectivity index (χ1n) is 14.3. The number of nitrogens with one attached hydrogen (secondary N) is 3. The number of alkyl halides is 3. The Hall–Kier alpha value is -5.75. The van der Waals surface area contributed by atoms with Crippen molar-refractivity contribution in [2.75, 3.05) is 5.32 Å². The normalized spacial score (nSPS) is 18.5. The molecule has 0 saturated heterocycles. The number of ether oxygens (including phenoxy) is 2. The minimum absolute atomic E-state index is 0.0254. The maximum Gasteiger partial charge on any atom is 0.417 e. The van der Waals surface area contributed by atoms with Crippen molar-refractivity contribution in [1.82, 2.24) is 24.4 Å². The largest absolute Gasteiger partial charge is 0.450 e. The van der Waals surface area contributed by atoms with E-state index < -0.39 is 29.2 Å². The van der Waals surface area contributed by atoms with Gasteiger partial charge in [0.2, 0.25) is 5.95 Å². The van der Waals surface area contributed by atoms with Crippen LogP contribution >= 0.6 is 0 Å². The number of hydrogen-bond acceptors (Lipinski definition) is 9. The van der Waals surface area contributed by atoms with Crippen LogP contribution < -0.4 is 20.9 Å². The van der Waals surface area contributed by atoms with Crippen LogP contribution in [0.1, 0.15) is 35.6 Å². The molecule has 240 valence electrons. The number of aryl methyl sites for hydroxylation is 1. The summed E-state index contributed by atoms with van der Waals surface area (Å²) in [6.07, 6.45) is 2.50. The number of benzene rings is 1. The van der Waals surface area contributed by atoms with E-state index in [4.69, 9.17) is 14.9 Å². The van der Waals surface area contributed by atoms with Gasteiger partial charge in [-0.25, -0.2) is 9.37 Å². The Bertz CT molecular complexity index is 2050. The summed E-state index contributed by atoms with van der Waals surface area (Å²) in [5, 5.41) is 23.1. The van der Waals surface area contributed by atoms with Crippen LogP contribution in [0.25, 0.3) is 11.2 Å². The molecule has 6 rings (SSSR count). The van der Waals surface area contributed by atoms with Gasteiger partial charge in [0, 0.05) is 25.5 Å². The van der Waals surface area contributed by atoms with E-state index in [2.05, 4.69) is 20.6 Å². The van der Waals surface area contributed by atoms with Gasteiger partial charge in [0.05, 0.1) is 30.7 Å². The Morgan fingerprint density at radius 3 is 2.72 bits per heavy atom. The summed E-state index contributed by atoms with van der Waals surface area (Å²) in [6, 6.07) is 11.7. The summed E-state index contributed by atoms with van der Waals surface area (Å²) in [4.78, 5) is 22.0. The molecule has 0 amide bonds. The fourth-order valence-electron chi connectivity index (χ4n) is 5.26. The third-order valence-corrected chi connectivity index (χ3v) is 7.79. The number of dihydropyridines is 1. The Kier molecular flexibility index (Phi) is 8.35. The van der Waals surface area contributed by atoms with E-state index in [0.717, 1.165) is 34.8 Å². The highest BCUT2D eigenvalue weighted by atomic mass is 19.4. The second-order valence-electron chi connectivity index (χ2n) is 10.8. The van der Waals surface area contributed by atoms with Crippen LogP contribution in [-0.4, -0.2) is 31.4 Å². The maximum absolute atomic E-state index is 14.4. The standard InChI is InChI=1S/C32H26F4N8O3/c1-43-28-22(13-37)26(47-25(14-38)27-23(33)8-5-9-39-27)15-40-29(28)42-31(43)41-24-10-19(32(34,35)36)16-44(30(24)45)20-11-21(12-20)46-17-18-6-3-2-4-7-18/h2-10,14-16,20-21,38-39H,11-12,17H2,1H3,(H,40,41,42)/b27-25+,38-14?/t20-,21-. The van der Waals surface area contributed by atoms with Crippen LogP contribution in [0.15, 0.2) is 89.2 Å². The molecule has 2 aliphatic rings. The average molecular weight is 647 g/mol. The second-order valence-corrected chi connectivity index (χ2v) is 10.8. The number of nitrogens with zero attached hydrogens (tertiary/aromatic N) is 5. The van der Waals surface area contributed by atoms with Crippen molar-refractivity contribution in [2.24, 2.45) is 7.05 Å². The summed E-state index contributed by atoms with van der Waals surface area (Å²) in [6.45, 7) is 0.350. The lowest BCUT2D eigenvalue weighted by molar-refractivity contribution is -0.138. The maximum atomic E-state index is 14.4. The van der Waals surface area contributed by atoms with Crippen molar-refractivity contribution in [3.8, 4) is 11.8 Å². The van der Waals surface area contributed by atoms with Crippen molar-refractivity contribution >= 4 is 29.0 Å². The van der Waals surface area contributed by atoms with E-state index in [1.807, 2.05) is 36.4 Å². The lowest BCUT2D eigenvalue weighted by Crippen LogP contribution is -2.39. The fraction of sp³-hybridized carbons (Fsp3) is 0.219. The van der Waals surface area contributed by atoms with Gasteiger partial charge < -0.3 is 34.7 Å². The molecule has 3 aromatic heterocycles. The minimum Gasteiger partial charge on any atom is -0.450 e. The third-order valence-electron chi connectivity index (χ3n) is 7.79. The fourth-order valence-corrected chi connectivity index (χ4v) is 5.26. The molecule has 1 aromatic carbocycles. The summed E-state index contributed by atoms with van der Waals surface area (Å²) in [7, 11) is 1.47. The van der Waals surface area contributed by atoms with Crippen molar-refractivity contribution in [3.05, 3.63) is 111 Å². The quantitative estimate of drug-likeness (QED) is 0.116. The summed E-state index contributed by atoms with van der Waals surface area (Å²) in [5.41, 5.74) is -1.22. The molecule has 1 fully saturated rings. The van der Waals surface area contributed by atoms with E-state index in [1.54, 1.807) is 0 Å². The van der Waals surface area contributed by atoms with Crippen molar-refractivity contribution < 1.29 is 27.0 Å². The molecule has 1 saturated carbocycles. The highest BCUT2D eigenvalue weighted by Crippen LogP contribution is 2.37. The lowest BCUT2D eigenvalue weighted by Gasteiger charge is -2.36. The van der Waals surface area contributed by atoms with E-state index in [-0.39, 0.29) is 51.7 Å². The second kappa shape index (κ2) is 12.6. The first-order valence-corrected chi connectivity index (χ1v) is 14.3. The van der Waals surface area contributed by atoms with Crippen LogP contribution in [0.4, 0.5) is 29.2 Å². The molecule has 1 aliphatic carbocycles. The van der Waals surface area contributed by atoms with Gasteiger partial charge in [-0.1, -0.05) is 30.3 Å². The van der Waals surface area contributed by atoms with Gasteiger partial charge >= 0.3 is 6.18 Å². The number of rotatable bonds is 9. The monoisotopic (exact) mass is 646 g/mol. The Balaban J connectivity index is 1.29. The Labute approximate surface area is 264 Å². The SMILES string of the molecule is Cn1c(Nc2cc(C(F)(F)F)cn([C@H]3C[C@H](OCc4ccccc4)C3)c2=O)nc2ncc(O/C(C=N)=C3/NC=CC=C3F)c(C#N)c21. The summed E-state index contributed by atoms with van der Waals surface area (Å²) >= 11 is 0. The molecule has 0 bridgehead atoms. The van der Waals surface area contributed by atoms with E-state index in [0.29, 0.717) is 25.5 Å². The smallest absolute Gasteiger partial charge is 0.417 e. The number of halogens is 4. The molecule has 47 heavy (non-hydrogen) atoms. The van der Waals surface area contributed by atoms with Crippen LogP contribution in [0, 0.1) is 16.7 Å².